The second-order valence-electron chi connectivity index (χ2n) is 6.75. The summed E-state index contributed by atoms with van der Waals surface area (Å²) < 4.78 is 0. The molecule has 0 heteroatoms. The number of hydrogen-bond acceptors (Lipinski definition) is 0. The molecular formula is C23H20. The highest BCUT2D eigenvalue weighted by Gasteiger charge is 2.23. The number of fused-ring (bicyclic) bond motifs is 2. The fourth-order valence-corrected chi connectivity index (χ4v) is 3.32. The Morgan fingerprint density at radius 3 is 1.30 bits per heavy atom. The Hall–Kier alpha value is -2.60. The van der Waals surface area contributed by atoms with E-state index in [1.165, 1.54) is 32.7 Å². The van der Waals surface area contributed by atoms with Crippen molar-refractivity contribution in [2.45, 2.75) is 19.3 Å². The van der Waals surface area contributed by atoms with Crippen molar-refractivity contribution in [3.05, 3.63) is 96.1 Å². The predicted molar refractivity (Wildman–Crippen MR) is 100 cm³/mol. The first-order valence-corrected chi connectivity index (χ1v) is 8.13. The summed E-state index contributed by atoms with van der Waals surface area (Å²) in [5, 5.41) is 5.20. The third-order valence-corrected chi connectivity index (χ3v) is 4.94. The third kappa shape index (κ3) is 2.41. The molecule has 0 radical (unpaired) electrons. The Morgan fingerprint density at radius 2 is 0.870 bits per heavy atom. The standard InChI is InChI=1S/C23H20/c1-23(2,21-13-11-17-7-3-5-9-19(17)15-21)22-14-12-18-8-4-6-10-20(18)16-22/h3-16H,1-2H3. The molecule has 0 atom stereocenters. The van der Waals surface area contributed by atoms with Crippen LogP contribution in [0.2, 0.25) is 0 Å². The average molecular weight is 296 g/mol. The Labute approximate surface area is 137 Å². The molecule has 0 amide bonds. The second-order valence-corrected chi connectivity index (χ2v) is 6.75. The molecule has 0 aromatic heterocycles. The van der Waals surface area contributed by atoms with Gasteiger partial charge in [0.2, 0.25) is 0 Å². The van der Waals surface area contributed by atoms with Crippen LogP contribution in [0.15, 0.2) is 84.9 Å². The topological polar surface area (TPSA) is 0 Å². The highest BCUT2D eigenvalue weighted by molar-refractivity contribution is 5.85. The minimum Gasteiger partial charge on any atom is -0.0616 e. The number of benzene rings is 4. The average Bonchev–Trinajstić information content (AvgIpc) is 2.61. The molecule has 23 heavy (non-hydrogen) atoms. The molecule has 112 valence electrons. The van der Waals surface area contributed by atoms with Crippen LogP contribution in [0.4, 0.5) is 0 Å². The minimum absolute atomic E-state index is 0.0198. The van der Waals surface area contributed by atoms with Crippen molar-refractivity contribution < 1.29 is 0 Å². The van der Waals surface area contributed by atoms with Crippen LogP contribution >= 0.6 is 0 Å². The number of rotatable bonds is 2. The highest BCUT2D eigenvalue weighted by atomic mass is 14.3. The normalized spacial score (nSPS) is 11.9. The van der Waals surface area contributed by atoms with Crippen LogP contribution in [0.5, 0.6) is 0 Å². The quantitative estimate of drug-likeness (QED) is 0.406. The van der Waals surface area contributed by atoms with Gasteiger partial charge in [0, 0.05) is 5.41 Å². The number of hydrogen-bond donors (Lipinski definition) is 0. The summed E-state index contributed by atoms with van der Waals surface area (Å²) in [6, 6.07) is 30.7. The molecule has 0 bridgehead atoms. The van der Waals surface area contributed by atoms with Gasteiger partial charge < -0.3 is 0 Å². The predicted octanol–water partition coefficient (Wildman–Crippen LogP) is 6.32. The van der Waals surface area contributed by atoms with Gasteiger partial charge in [-0.15, -0.1) is 0 Å². The summed E-state index contributed by atoms with van der Waals surface area (Å²) in [6.07, 6.45) is 0. The van der Waals surface area contributed by atoms with Crippen LogP contribution in [0.3, 0.4) is 0 Å². The molecule has 0 fully saturated rings. The summed E-state index contributed by atoms with van der Waals surface area (Å²) in [7, 11) is 0. The molecular weight excluding hydrogens is 276 g/mol. The van der Waals surface area contributed by atoms with Crippen molar-refractivity contribution >= 4 is 21.5 Å². The van der Waals surface area contributed by atoms with Crippen LogP contribution in [-0.4, -0.2) is 0 Å². The largest absolute Gasteiger partial charge is 0.0616 e. The van der Waals surface area contributed by atoms with E-state index >= 15 is 0 Å². The molecule has 4 rings (SSSR count). The summed E-state index contributed by atoms with van der Waals surface area (Å²) >= 11 is 0. The van der Waals surface area contributed by atoms with Crippen molar-refractivity contribution in [2.24, 2.45) is 0 Å². The van der Waals surface area contributed by atoms with E-state index in [1.807, 2.05) is 0 Å². The lowest BCUT2D eigenvalue weighted by molar-refractivity contribution is 0.643. The van der Waals surface area contributed by atoms with Gasteiger partial charge in [-0.1, -0.05) is 98.8 Å². The van der Waals surface area contributed by atoms with Crippen molar-refractivity contribution in [3.63, 3.8) is 0 Å². The molecule has 4 aromatic carbocycles. The van der Waals surface area contributed by atoms with E-state index in [-0.39, 0.29) is 5.41 Å². The lowest BCUT2D eigenvalue weighted by Gasteiger charge is -2.27. The fourth-order valence-electron chi connectivity index (χ4n) is 3.32. The van der Waals surface area contributed by atoms with Gasteiger partial charge in [0.25, 0.3) is 0 Å². The summed E-state index contributed by atoms with van der Waals surface area (Å²) in [6.45, 7) is 4.61. The van der Waals surface area contributed by atoms with E-state index in [0.29, 0.717) is 0 Å². The first kappa shape index (κ1) is 14.0. The van der Waals surface area contributed by atoms with E-state index in [9.17, 15) is 0 Å². The molecule has 0 nitrogen and oxygen atoms in total. The fraction of sp³-hybridized carbons (Fsp3) is 0.130. The van der Waals surface area contributed by atoms with Crippen LogP contribution in [0.1, 0.15) is 25.0 Å². The first-order valence-electron chi connectivity index (χ1n) is 8.13. The molecule has 4 aromatic rings. The maximum absolute atomic E-state index is 2.32. The van der Waals surface area contributed by atoms with Gasteiger partial charge in [0.1, 0.15) is 0 Å². The van der Waals surface area contributed by atoms with E-state index in [0.717, 1.165) is 0 Å². The zero-order chi connectivity index (χ0) is 15.9. The first-order chi connectivity index (χ1) is 11.1. The molecule has 0 heterocycles. The maximum atomic E-state index is 2.32. The van der Waals surface area contributed by atoms with Gasteiger partial charge in [-0.05, 0) is 32.7 Å². The lowest BCUT2D eigenvalue weighted by Crippen LogP contribution is -2.18. The van der Waals surface area contributed by atoms with Crippen molar-refractivity contribution in [1.29, 1.82) is 0 Å². The third-order valence-electron chi connectivity index (χ3n) is 4.94. The lowest BCUT2D eigenvalue weighted by atomic mass is 9.77. The van der Waals surface area contributed by atoms with E-state index in [1.54, 1.807) is 0 Å². The molecule has 0 aliphatic carbocycles. The van der Waals surface area contributed by atoms with Crippen LogP contribution in [0, 0.1) is 0 Å². The van der Waals surface area contributed by atoms with Crippen LogP contribution in [0.25, 0.3) is 21.5 Å². The van der Waals surface area contributed by atoms with Crippen molar-refractivity contribution in [2.75, 3.05) is 0 Å². The van der Waals surface area contributed by atoms with E-state index in [4.69, 9.17) is 0 Å². The molecule has 0 N–H and O–H groups in total. The molecule has 0 aliphatic heterocycles. The Bertz CT molecular complexity index is 911. The molecule has 0 saturated heterocycles. The molecule has 0 unspecified atom stereocenters. The monoisotopic (exact) mass is 296 g/mol. The molecule has 0 spiro atoms. The van der Waals surface area contributed by atoms with Crippen LogP contribution in [-0.2, 0) is 5.41 Å². The molecule has 0 aliphatic rings. The summed E-state index contributed by atoms with van der Waals surface area (Å²) in [5.74, 6) is 0. The second kappa shape index (κ2) is 5.24. The minimum atomic E-state index is -0.0198. The van der Waals surface area contributed by atoms with Crippen molar-refractivity contribution in [3.8, 4) is 0 Å². The van der Waals surface area contributed by atoms with Gasteiger partial charge in [-0.25, -0.2) is 0 Å². The SMILES string of the molecule is CC(C)(c1ccc2ccccc2c1)c1ccc2ccccc2c1. The van der Waals surface area contributed by atoms with Gasteiger partial charge >= 0.3 is 0 Å². The highest BCUT2D eigenvalue weighted by Crippen LogP contribution is 2.34. The summed E-state index contributed by atoms with van der Waals surface area (Å²) in [4.78, 5) is 0. The van der Waals surface area contributed by atoms with Crippen LogP contribution < -0.4 is 0 Å². The van der Waals surface area contributed by atoms with Crippen molar-refractivity contribution in [1.82, 2.24) is 0 Å². The van der Waals surface area contributed by atoms with E-state index in [2.05, 4.69) is 98.8 Å². The zero-order valence-electron chi connectivity index (χ0n) is 13.6. The smallest absolute Gasteiger partial charge is 0.0147 e. The summed E-state index contributed by atoms with van der Waals surface area (Å²) in [5.41, 5.74) is 2.69. The van der Waals surface area contributed by atoms with Gasteiger partial charge in [0.05, 0.1) is 0 Å². The zero-order valence-corrected chi connectivity index (χ0v) is 13.6. The van der Waals surface area contributed by atoms with Gasteiger partial charge in [0.15, 0.2) is 0 Å². The maximum Gasteiger partial charge on any atom is 0.0147 e. The Balaban J connectivity index is 1.85. The van der Waals surface area contributed by atoms with Gasteiger partial charge in [-0.2, -0.15) is 0 Å². The van der Waals surface area contributed by atoms with E-state index < -0.39 is 0 Å². The Kier molecular flexibility index (Phi) is 3.20. The molecule has 0 saturated carbocycles. The Morgan fingerprint density at radius 1 is 0.478 bits per heavy atom. The van der Waals surface area contributed by atoms with Gasteiger partial charge in [-0.3, -0.25) is 0 Å².